The Morgan fingerprint density at radius 2 is 1.94 bits per heavy atom. The molecule has 1 aromatic rings. The van der Waals surface area contributed by atoms with Crippen LogP contribution in [0.4, 0.5) is 0 Å². The van der Waals surface area contributed by atoms with Crippen molar-refractivity contribution in [2.24, 2.45) is 0 Å². The van der Waals surface area contributed by atoms with Crippen molar-refractivity contribution in [2.45, 2.75) is 25.2 Å². The maximum Gasteiger partial charge on any atom is 0.161 e. The number of ketones is 1. The number of Topliss-reactive ketones (excluding diaryl/α,β-unsaturated/α-hetero) is 1. The van der Waals surface area contributed by atoms with Crippen molar-refractivity contribution >= 4 is 5.78 Å². The number of ether oxygens (including phenoxy) is 2. The molecule has 0 saturated heterocycles. The van der Waals surface area contributed by atoms with E-state index in [4.69, 9.17) is 9.47 Å². The highest BCUT2D eigenvalue weighted by atomic mass is 16.5. The lowest BCUT2D eigenvalue weighted by molar-refractivity contribution is -0.114. The number of carbonyl (C=O) groups is 1. The van der Waals surface area contributed by atoms with Crippen LogP contribution in [0.5, 0.6) is 11.5 Å². The molecule has 18 heavy (non-hydrogen) atoms. The van der Waals surface area contributed by atoms with E-state index in [1.807, 2.05) is 18.2 Å². The van der Waals surface area contributed by atoms with E-state index < -0.39 is 0 Å². The van der Waals surface area contributed by atoms with E-state index in [-0.39, 0.29) is 11.7 Å². The van der Waals surface area contributed by atoms with E-state index in [0.717, 1.165) is 35.5 Å². The lowest BCUT2D eigenvalue weighted by atomic mass is 9.94. The summed E-state index contributed by atoms with van der Waals surface area (Å²) < 4.78 is 11.3. The third kappa shape index (κ3) is 1.90. The van der Waals surface area contributed by atoms with Gasteiger partial charge in [0, 0.05) is 18.8 Å². The second-order valence-corrected chi connectivity index (χ2v) is 4.80. The topological polar surface area (TPSA) is 35.5 Å². The molecule has 0 amide bonds. The predicted octanol–water partition coefficient (Wildman–Crippen LogP) is 2.85. The molecule has 0 aromatic heterocycles. The summed E-state index contributed by atoms with van der Waals surface area (Å²) in [6.45, 7) is 5.28. The standard InChI is InChI=1S/C15H16O3/c1-10-12(4-5-13(10)16)11-3-6-14-15(9-11)18-8-2-7-17-14/h3,6,9,12H,1-2,4-5,7-8H2. The molecule has 0 radical (unpaired) electrons. The maximum absolute atomic E-state index is 11.5. The lowest BCUT2D eigenvalue weighted by Crippen LogP contribution is -2.00. The zero-order valence-electron chi connectivity index (χ0n) is 10.3. The number of benzene rings is 1. The Morgan fingerprint density at radius 1 is 1.17 bits per heavy atom. The molecule has 3 rings (SSSR count). The summed E-state index contributed by atoms with van der Waals surface area (Å²) in [5.74, 6) is 1.92. The number of carbonyl (C=O) groups excluding carboxylic acids is 1. The molecule has 1 saturated carbocycles. The lowest BCUT2D eigenvalue weighted by Gasteiger charge is -2.14. The largest absolute Gasteiger partial charge is 0.490 e. The van der Waals surface area contributed by atoms with E-state index in [2.05, 4.69) is 6.58 Å². The second-order valence-electron chi connectivity index (χ2n) is 4.80. The van der Waals surface area contributed by atoms with Gasteiger partial charge in [0.15, 0.2) is 17.3 Å². The van der Waals surface area contributed by atoms with Crippen molar-refractivity contribution in [1.29, 1.82) is 0 Å². The number of rotatable bonds is 1. The van der Waals surface area contributed by atoms with Gasteiger partial charge in [-0.2, -0.15) is 0 Å². The average Bonchev–Trinajstić information content (AvgIpc) is 2.61. The van der Waals surface area contributed by atoms with Gasteiger partial charge in [-0.05, 0) is 29.7 Å². The molecule has 3 nitrogen and oxygen atoms in total. The summed E-state index contributed by atoms with van der Waals surface area (Å²) in [6.07, 6.45) is 2.37. The zero-order valence-corrected chi connectivity index (χ0v) is 10.3. The van der Waals surface area contributed by atoms with Gasteiger partial charge in [0.2, 0.25) is 0 Å². The van der Waals surface area contributed by atoms with Crippen LogP contribution in [-0.4, -0.2) is 19.0 Å². The van der Waals surface area contributed by atoms with Crippen molar-refractivity contribution in [3.63, 3.8) is 0 Å². The van der Waals surface area contributed by atoms with Crippen molar-refractivity contribution in [3.05, 3.63) is 35.9 Å². The summed E-state index contributed by atoms with van der Waals surface area (Å²) in [4.78, 5) is 11.5. The number of fused-ring (bicyclic) bond motifs is 1. The van der Waals surface area contributed by atoms with Gasteiger partial charge in [-0.25, -0.2) is 0 Å². The summed E-state index contributed by atoms with van der Waals surface area (Å²) in [6, 6.07) is 5.95. The fourth-order valence-electron chi connectivity index (χ4n) is 2.57. The van der Waals surface area contributed by atoms with Crippen LogP contribution < -0.4 is 9.47 Å². The SMILES string of the molecule is C=C1C(=O)CCC1c1ccc2c(c1)OCCCO2. The van der Waals surface area contributed by atoms with Gasteiger partial charge in [-0.3, -0.25) is 4.79 Å². The van der Waals surface area contributed by atoms with Gasteiger partial charge >= 0.3 is 0 Å². The van der Waals surface area contributed by atoms with E-state index in [1.54, 1.807) is 0 Å². The van der Waals surface area contributed by atoms with Crippen molar-refractivity contribution in [1.82, 2.24) is 0 Å². The molecule has 1 aromatic carbocycles. The van der Waals surface area contributed by atoms with E-state index in [0.29, 0.717) is 19.6 Å². The van der Waals surface area contributed by atoms with Gasteiger partial charge < -0.3 is 9.47 Å². The van der Waals surface area contributed by atoms with Crippen molar-refractivity contribution < 1.29 is 14.3 Å². The van der Waals surface area contributed by atoms with Gasteiger partial charge in [-0.1, -0.05) is 12.6 Å². The number of allylic oxidation sites excluding steroid dienone is 1. The molecule has 0 N–H and O–H groups in total. The predicted molar refractivity (Wildman–Crippen MR) is 68.2 cm³/mol. The van der Waals surface area contributed by atoms with Gasteiger partial charge in [-0.15, -0.1) is 0 Å². The minimum atomic E-state index is 0.148. The molecule has 1 unspecified atom stereocenters. The van der Waals surface area contributed by atoms with Gasteiger partial charge in [0.05, 0.1) is 13.2 Å². The fourth-order valence-corrected chi connectivity index (χ4v) is 2.57. The third-order valence-electron chi connectivity index (χ3n) is 3.61. The van der Waals surface area contributed by atoms with Crippen molar-refractivity contribution in [2.75, 3.05) is 13.2 Å². The Morgan fingerprint density at radius 3 is 2.67 bits per heavy atom. The molecule has 3 heteroatoms. The van der Waals surface area contributed by atoms with Crippen LogP contribution in [0.1, 0.15) is 30.7 Å². The molecule has 1 atom stereocenters. The molecule has 1 aliphatic carbocycles. The smallest absolute Gasteiger partial charge is 0.161 e. The first-order valence-electron chi connectivity index (χ1n) is 6.37. The Bertz CT molecular complexity index is 504. The highest BCUT2D eigenvalue weighted by Gasteiger charge is 2.28. The molecule has 2 aliphatic rings. The van der Waals surface area contributed by atoms with Crippen LogP contribution in [0.15, 0.2) is 30.4 Å². The molecular formula is C15H16O3. The van der Waals surface area contributed by atoms with Crippen LogP contribution in [0.3, 0.4) is 0 Å². The molecule has 1 heterocycles. The van der Waals surface area contributed by atoms with E-state index in [1.165, 1.54) is 0 Å². The highest BCUT2D eigenvalue weighted by Crippen LogP contribution is 2.39. The second kappa shape index (κ2) is 4.48. The number of hydrogen-bond donors (Lipinski definition) is 0. The van der Waals surface area contributed by atoms with Gasteiger partial charge in [0.25, 0.3) is 0 Å². The van der Waals surface area contributed by atoms with Crippen LogP contribution in [0, 0.1) is 0 Å². The first-order valence-corrected chi connectivity index (χ1v) is 6.37. The summed E-state index contributed by atoms with van der Waals surface area (Å²) in [7, 11) is 0. The monoisotopic (exact) mass is 244 g/mol. The molecule has 1 aliphatic heterocycles. The first kappa shape index (κ1) is 11.3. The van der Waals surface area contributed by atoms with Crippen LogP contribution in [0.2, 0.25) is 0 Å². The minimum absolute atomic E-state index is 0.148. The molecule has 1 fully saturated rings. The molecule has 94 valence electrons. The quantitative estimate of drug-likeness (QED) is 0.713. The molecule has 0 spiro atoms. The Kier molecular flexibility index (Phi) is 2.82. The van der Waals surface area contributed by atoms with E-state index in [9.17, 15) is 4.79 Å². The zero-order chi connectivity index (χ0) is 12.5. The van der Waals surface area contributed by atoms with Crippen LogP contribution in [0.25, 0.3) is 0 Å². The maximum atomic E-state index is 11.5. The van der Waals surface area contributed by atoms with Gasteiger partial charge in [0.1, 0.15) is 0 Å². The Balaban J connectivity index is 1.92. The summed E-state index contributed by atoms with van der Waals surface area (Å²) in [5.41, 5.74) is 1.83. The molecular weight excluding hydrogens is 228 g/mol. The van der Waals surface area contributed by atoms with Crippen molar-refractivity contribution in [3.8, 4) is 11.5 Å². The first-order chi connectivity index (χ1) is 8.75. The Hall–Kier alpha value is -1.77. The summed E-state index contributed by atoms with van der Waals surface area (Å²) >= 11 is 0. The average molecular weight is 244 g/mol. The number of hydrogen-bond acceptors (Lipinski definition) is 3. The molecule has 0 bridgehead atoms. The summed E-state index contributed by atoms with van der Waals surface area (Å²) in [5, 5.41) is 0. The van der Waals surface area contributed by atoms with Crippen LogP contribution >= 0.6 is 0 Å². The minimum Gasteiger partial charge on any atom is -0.490 e. The third-order valence-corrected chi connectivity index (χ3v) is 3.61. The van der Waals surface area contributed by atoms with Crippen LogP contribution in [-0.2, 0) is 4.79 Å². The Labute approximate surface area is 106 Å². The highest BCUT2D eigenvalue weighted by molar-refractivity contribution is 5.98. The normalized spacial score (nSPS) is 23.0. The fraction of sp³-hybridized carbons (Fsp3) is 0.400. The van der Waals surface area contributed by atoms with E-state index >= 15 is 0 Å².